The van der Waals surface area contributed by atoms with E-state index < -0.39 is 5.82 Å². The molecule has 0 aliphatic heterocycles. The summed E-state index contributed by atoms with van der Waals surface area (Å²) in [6, 6.07) is 8.97. The maximum atomic E-state index is 13.6. The highest BCUT2D eigenvalue weighted by Gasteiger charge is 2.09. The minimum Gasteiger partial charge on any atom is -0.485 e. The lowest BCUT2D eigenvalue weighted by Gasteiger charge is -2.11. The van der Waals surface area contributed by atoms with Crippen LogP contribution in [-0.4, -0.2) is 0 Å². The second kappa shape index (κ2) is 6.12. The Hall–Kier alpha value is -1.46. The van der Waals surface area contributed by atoms with Crippen LogP contribution in [0, 0.1) is 11.6 Å². The largest absolute Gasteiger partial charge is 0.485 e. The fourth-order valence-electron chi connectivity index (χ4n) is 1.73. The Labute approximate surface area is 118 Å². The number of halogens is 3. The molecule has 0 aliphatic rings. The summed E-state index contributed by atoms with van der Waals surface area (Å²) in [7, 11) is 0. The third-order valence-corrected chi connectivity index (χ3v) is 3.03. The molecule has 0 amide bonds. The molecular weight excluding hydrogens is 316 g/mol. The normalized spacial score (nSPS) is 10.5. The Morgan fingerprint density at radius 1 is 1.16 bits per heavy atom. The van der Waals surface area contributed by atoms with Crippen molar-refractivity contribution < 1.29 is 13.5 Å². The van der Waals surface area contributed by atoms with Gasteiger partial charge in [-0.2, -0.15) is 0 Å². The molecule has 19 heavy (non-hydrogen) atoms. The molecule has 2 N–H and O–H groups in total. The van der Waals surface area contributed by atoms with Crippen LogP contribution in [0.2, 0.25) is 0 Å². The summed E-state index contributed by atoms with van der Waals surface area (Å²) in [5.74, 6) is -0.732. The van der Waals surface area contributed by atoms with Gasteiger partial charge in [0, 0.05) is 16.6 Å². The third kappa shape index (κ3) is 3.52. The monoisotopic (exact) mass is 327 g/mol. The van der Waals surface area contributed by atoms with Gasteiger partial charge in [0.25, 0.3) is 0 Å². The van der Waals surface area contributed by atoms with Crippen LogP contribution in [0.25, 0.3) is 0 Å². The lowest BCUT2D eigenvalue weighted by molar-refractivity contribution is 0.286. The van der Waals surface area contributed by atoms with Crippen LogP contribution in [0.5, 0.6) is 5.75 Å². The number of nitrogens with two attached hydrogens (primary N) is 1. The highest BCUT2D eigenvalue weighted by molar-refractivity contribution is 9.10. The zero-order valence-corrected chi connectivity index (χ0v) is 11.6. The minimum atomic E-state index is -0.474. The fourth-order valence-corrected chi connectivity index (χ4v) is 2.24. The second-order valence-electron chi connectivity index (χ2n) is 4.00. The fraction of sp³-hybridized carbons (Fsp3) is 0.143. The summed E-state index contributed by atoms with van der Waals surface area (Å²) >= 11 is 3.19. The Kier molecular flexibility index (Phi) is 4.50. The average Bonchev–Trinajstić information content (AvgIpc) is 2.36. The van der Waals surface area contributed by atoms with E-state index in [9.17, 15) is 8.78 Å². The van der Waals surface area contributed by atoms with Gasteiger partial charge in [0.2, 0.25) is 0 Å². The second-order valence-corrected chi connectivity index (χ2v) is 4.91. The zero-order chi connectivity index (χ0) is 13.8. The summed E-state index contributed by atoms with van der Waals surface area (Å²) in [6.07, 6.45) is 0. The molecule has 0 heterocycles. The molecule has 0 fully saturated rings. The minimum absolute atomic E-state index is 0.0737. The van der Waals surface area contributed by atoms with Crippen LogP contribution in [-0.2, 0) is 13.2 Å². The van der Waals surface area contributed by atoms with Crippen molar-refractivity contribution in [2.24, 2.45) is 5.73 Å². The molecule has 0 spiro atoms. The first-order valence-electron chi connectivity index (χ1n) is 5.65. The number of hydrogen-bond acceptors (Lipinski definition) is 2. The molecule has 2 aromatic carbocycles. The first-order valence-corrected chi connectivity index (χ1v) is 6.44. The van der Waals surface area contributed by atoms with Gasteiger partial charge in [-0.05, 0) is 29.8 Å². The molecule has 0 atom stereocenters. The molecule has 0 saturated heterocycles. The molecule has 0 radical (unpaired) electrons. The molecule has 100 valence electrons. The number of ether oxygens (including phenoxy) is 1. The van der Waals surface area contributed by atoms with E-state index in [1.54, 1.807) is 18.2 Å². The molecule has 0 aliphatic carbocycles. The standard InChI is InChI=1S/C14H12BrF2NO/c15-11-4-9(5-12(16)6-11)8-19-14-10(7-18)2-1-3-13(14)17/h1-6H,7-8,18H2. The molecule has 5 heteroatoms. The van der Waals surface area contributed by atoms with Crippen LogP contribution in [0.4, 0.5) is 8.78 Å². The van der Waals surface area contributed by atoms with Gasteiger partial charge >= 0.3 is 0 Å². The van der Waals surface area contributed by atoms with E-state index in [2.05, 4.69) is 15.9 Å². The predicted octanol–water partition coefficient (Wildman–Crippen LogP) is 3.77. The molecule has 2 aromatic rings. The topological polar surface area (TPSA) is 35.2 Å². The van der Waals surface area contributed by atoms with Gasteiger partial charge in [-0.25, -0.2) is 8.78 Å². The average molecular weight is 328 g/mol. The Bertz CT molecular complexity index is 569. The summed E-state index contributed by atoms with van der Waals surface area (Å²) < 4.78 is 32.9. The summed E-state index contributed by atoms with van der Waals surface area (Å²) in [4.78, 5) is 0. The van der Waals surface area contributed by atoms with Crippen LogP contribution in [0.3, 0.4) is 0 Å². The number of hydrogen-bond donors (Lipinski definition) is 1. The summed E-state index contributed by atoms with van der Waals surface area (Å²) in [6.45, 7) is 0.254. The van der Waals surface area contributed by atoms with Gasteiger partial charge in [0.15, 0.2) is 11.6 Å². The van der Waals surface area contributed by atoms with Gasteiger partial charge in [-0.1, -0.05) is 28.1 Å². The first kappa shape index (κ1) is 14.0. The van der Waals surface area contributed by atoms with Crippen molar-refractivity contribution in [1.29, 1.82) is 0 Å². The van der Waals surface area contributed by atoms with E-state index in [0.717, 1.165) is 0 Å². The lowest BCUT2D eigenvalue weighted by atomic mass is 10.2. The smallest absolute Gasteiger partial charge is 0.165 e. The van der Waals surface area contributed by atoms with Crippen molar-refractivity contribution >= 4 is 15.9 Å². The van der Waals surface area contributed by atoms with Gasteiger partial charge in [0.05, 0.1) is 0 Å². The maximum absolute atomic E-state index is 13.6. The molecule has 0 unspecified atom stereocenters. The number of benzene rings is 2. The Morgan fingerprint density at radius 2 is 1.95 bits per heavy atom. The predicted molar refractivity (Wildman–Crippen MR) is 72.7 cm³/mol. The Balaban J connectivity index is 2.18. The SMILES string of the molecule is NCc1cccc(F)c1OCc1cc(F)cc(Br)c1. The molecule has 2 nitrogen and oxygen atoms in total. The number of rotatable bonds is 4. The van der Waals surface area contributed by atoms with Crippen LogP contribution < -0.4 is 10.5 Å². The van der Waals surface area contributed by atoms with Crippen molar-refractivity contribution in [1.82, 2.24) is 0 Å². The van der Waals surface area contributed by atoms with Crippen molar-refractivity contribution in [2.45, 2.75) is 13.2 Å². The van der Waals surface area contributed by atoms with Gasteiger partial charge in [-0.15, -0.1) is 0 Å². The highest BCUT2D eigenvalue weighted by atomic mass is 79.9. The molecule has 2 rings (SSSR count). The van der Waals surface area contributed by atoms with Gasteiger partial charge in [-0.3, -0.25) is 0 Å². The first-order chi connectivity index (χ1) is 9.10. The third-order valence-electron chi connectivity index (χ3n) is 2.57. The van der Waals surface area contributed by atoms with Crippen molar-refractivity contribution in [3.05, 3.63) is 63.6 Å². The zero-order valence-electron chi connectivity index (χ0n) is 10.00. The molecule has 0 bridgehead atoms. The van der Waals surface area contributed by atoms with Gasteiger partial charge in [0.1, 0.15) is 12.4 Å². The lowest BCUT2D eigenvalue weighted by Crippen LogP contribution is -2.04. The molecular formula is C14H12BrF2NO. The van der Waals surface area contributed by atoms with E-state index in [1.807, 2.05) is 0 Å². The quantitative estimate of drug-likeness (QED) is 0.927. The van der Waals surface area contributed by atoms with E-state index in [1.165, 1.54) is 18.2 Å². The van der Waals surface area contributed by atoms with Crippen molar-refractivity contribution in [3.8, 4) is 5.75 Å². The number of para-hydroxylation sites is 1. The highest BCUT2D eigenvalue weighted by Crippen LogP contribution is 2.24. The van der Waals surface area contributed by atoms with E-state index in [4.69, 9.17) is 10.5 Å². The Morgan fingerprint density at radius 3 is 2.63 bits per heavy atom. The van der Waals surface area contributed by atoms with Crippen LogP contribution in [0.1, 0.15) is 11.1 Å². The maximum Gasteiger partial charge on any atom is 0.165 e. The van der Waals surface area contributed by atoms with Crippen LogP contribution >= 0.6 is 15.9 Å². The summed E-state index contributed by atoms with van der Waals surface area (Å²) in [5.41, 5.74) is 6.71. The van der Waals surface area contributed by atoms with E-state index in [-0.39, 0.29) is 24.7 Å². The van der Waals surface area contributed by atoms with E-state index >= 15 is 0 Å². The van der Waals surface area contributed by atoms with Crippen LogP contribution in [0.15, 0.2) is 40.9 Å². The molecule has 0 saturated carbocycles. The molecule has 0 aromatic heterocycles. The van der Waals surface area contributed by atoms with Crippen molar-refractivity contribution in [2.75, 3.05) is 0 Å². The van der Waals surface area contributed by atoms with Gasteiger partial charge < -0.3 is 10.5 Å². The van der Waals surface area contributed by atoms with Crippen molar-refractivity contribution in [3.63, 3.8) is 0 Å². The van der Waals surface area contributed by atoms with E-state index in [0.29, 0.717) is 15.6 Å². The summed E-state index contributed by atoms with van der Waals surface area (Å²) in [5, 5.41) is 0.